The summed E-state index contributed by atoms with van der Waals surface area (Å²) in [6.45, 7) is 0.644. The fourth-order valence-electron chi connectivity index (χ4n) is 2.74. The van der Waals surface area contributed by atoms with Gasteiger partial charge in [-0.2, -0.15) is 4.31 Å². The molecular weight excluding hydrogens is 450 g/mol. The number of thiophene rings is 1. The number of sulfonamides is 1. The third-order valence-electron chi connectivity index (χ3n) is 4.22. The van der Waals surface area contributed by atoms with Crippen molar-refractivity contribution in [2.24, 2.45) is 0 Å². The van der Waals surface area contributed by atoms with Crippen molar-refractivity contribution in [3.63, 3.8) is 0 Å². The summed E-state index contributed by atoms with van der Waals surface area (Å²) in [5, 5.41) is 13.2. The normalized spacial score (nSPS) is 14.7. The van der Waals surface area contributed by atoms with Gasteiger partial charge < -0.3 is 14.8 Å². The molecule has 2 heterocycles. The van der Waals surface area contributed by atoms with E-state index in [2.05, 4.69) is 5.32 Å². The predicted molar refractivity (Wildman–Crippen MR) is 110 cm³/mol. The summed E-state index contributed by atoms with van der Waals surface area (Å²) in [5.74, 6) is -1.36. The molecule has 31 heavy (non-hydrogen) atoms. The standard InChI is InChI=1S/C18H19N3O8S2/c22-16(19-13-2-1-3-14(10-13)21(24)25)12-29-17(23)11-15-4-5-18(30-15)31(26,27)20-6-8-28-9-7-20/h1-5,10H,6-9,11-12H2,(H,19,22). The van der Waals surface area contributed by atoms with Gasteiger partial charge in [-0.15, -0.1) is 11.3 Å². The fraction of sp³-hybridized carbons (Fsp3) is 0.333. The summed E-state index contributed by atoms with van der Waals surface area (Å²) in [7, 11) is -3.64. The molecule has 0 spiro atoms. The maximum Gasteiger partial charge on any atom is 0.311 e. The van der Waals surface area contributed by atoms with Gasteiger partial charge in [-0.05, 0) is 18.2 Å². The van der Waals surface area contributed by atoms with Gasteiger partial charge in [0.15, 0.2) is 6.61 Å². The highest BCUT2D eigenvalue weighted by molar-refractivity contribution is 7.91. The van der Waals surface area contributed by atoms with E-state index in [9.17, 15) is 28.1 Å². The van der Waals surface area contributed by atoms with E-state index in [0.717, 1.165) is 11.3 Å². The van der Waals surface area contributed by atoms with E-state index in [0.29, 0.717) is 18.1 Å². The number of nitrogens with zero attached hydrogens (tertiary/aromatic N) is 2. The Morgan fingerprint density at radius 2 is 1.97 bits per heavy atom. The first-order valence-corrected chi connectivity index (χ1v) is 11.4. The molecule has 11 nitrogen and oxygen atoms in total. The van der Waals surface area contributed by atoms with Gasteiger partial charge in [0.2, 0.25) is 0 Å². The molecule has 1 aromatic heterocycles. The number of hydrogen-bond acceptors (Lipinski definition) is 9. The lowest BCUT2D eigenvalue weighted by molar-refractivity contribution is -0.384. The number of non-ortho nitro benzene ring substituents is 1. The number of hydrogen-bond donors (Lipinski definition) is 1. The third-order valence-corrected chi connectivity index (χ3v) is 7.68. The van der Waals surface area contributed by atoms with Crippen LogP contribution in [0.5, 0.6) is 0 Å². The monoisotopic (exact) mass is 469 g/mol. The molecule has 1 aromatic carbocycles. The maximum atomic E-state index is 12.6. The lowest BCUT2D eigenvalue weighted by Gasteiger charge is -2.25. The molecule has 166 valence electrons. The molecular formula is C18H19N3O8S2. The molecule has 1 saturated heterocycles. The quantitative estimate of drug-likeness (QED) is 0.347. The van der Waals surface area contributed by atoms with E-state index in [1.165, 1.54) is 40.7 Å². The molecule has 2 aromatic rings. The van der Waals surface area contributed by atoms with Crippen molar-refractivity contribution in [1.29, 1.82) is 0 Å². The van der Waals surface area contributed by atoms with Gasteiger partial charge in [-0.3, -0.25) is 19.7 Å². The van der Waals surface area contributed by atoms with Crippen molar-refractivity contribution >= 4 is 44.6 Å². The zero-order valence-corrected chi connectivity index (χ0v) is 17.8. The number of ether oxygens (including phenoxy) is 2. The Labute approximate surface area is 181 Å². The summed E-state index contributed by atoms with van der Waals surface area (Å²) < 4.78 is 36.8. The summed E-state index contributed by atoms with van der Waals surface area (Å²) in [4.78, 5) is 34.6. The second kappa shape index (κ2) is 9.96. The highest BCUT2D eigenvalue weighted by Crippen LogP contribution is 2.26. The van der Waals surface area contributed by atoms with E-state index in [-0.39, 0.29) is 35.1 Å². The van der Waals surface area contributed by atoms with Crippen LogP contribution >= 0.6 is 11.3 Å². The summed E-state index contributed by atoms with van der Waals surface area (Å²) in [6.07, 6.45) is -0.187. The van der Waals surface area contributed by atoms with Gasteiger partial charge in [0.1, 0.15) is 4.21 Å². The lowest BCUT2D eigenvalue weighted by Crippen LogP contribution is -2.40. The zero-order valence-electron chi connectivity index (χ0n) is 16.2. The molecule has 1 aliphatic rings. The molecule has 1 fully saturated rings. The Morgan fingerprint density at radius 1 is 1.23 bits per heavy atom. The van der Waals surface area contributed by atoms with Crippen LogP contribution in [0.3, 0.4) is 0 Å². The average Bonchev–Trinajstić information content (AvgIpc) is 3.22. The number of carbonyl (C=O) groups excluding carboxylic acids is 2. The first kappa shape index (κ1) is 22.8. The van der Waals surface area contributed by atoms with E-state index in [4.69, 9.17) is 9.47 Å². The Bertz CT molecular complexity index is 1080. The van der Waals surface area contributed by atoms with Crippen LogP contribution in [0.1, 0.15) is 4.88 Å². The molecule has 1 amide bonds. The Balaban J connectivity index is 1.50. The average molecular weight is 469 g/mol. The van der Waals surface area contributed by atoms with Crippen LogP contribution in [0.2, 0.25) is 0 Å². The van der Waals surface area contributed by atoms with Crippen molar-refractivity contribution in [2.75, 3.05) is 38.2 Å². The van der Waals surface area contributed by atoms with Gasteiger partial charge in [-0.1, -0.05) is 6.07 Å². The Kier molecular flexibility index (Phi) is 7.33. The molecule has 0 unspecified atom stereocenters. The molecule has 13 heteroatoms. The van der Waals surface area contributed by atoms with E-state index in [1.807, 2.05) is 0 Å². The SMILES string of the molecule is O=C(COC(=O)Cc1ccc(S(=O)(=O)N2CCOCC2)s1)Nc1cccc([N+](=O)[O-])c1. The predicted octanol–water partition coefficient (Wildman–Crippen LogP) is 1.40. The van der Waals surface area contributed by atoms with Gasteiger partial charge in [0.25, 0.3) is 21.6 Å². The number of rotatable bonds is 8. The number of amides is 1. The zero-order chi connectivity index (χ0) is 22.4. The molecule has 0 radical (unpaired) electrons. The van der Waals surface area contributed by atoms with Crippen LogP contribution in [-0.2, 0) is 35.5 Å². The molecule has 0 saturated carbocycles. The van der Waals surface area contributed by atoms with Crippen molar-refractivity contribution < 1.29 is 32.4 Å². The number of nitro groups is 1. The minimum absolute atomic E-state index is 0.126. The smallest absolute Gasteiger partial charge is 0.311 e. The van der Waals surface area contributed by atoms with Crippen LogP contribution in [0.15, 0.2) is 40.6 Å². The first-order chi connectivity index (χ1) is 14.8. The number of nitro benzene ring substituents is 1. The van der Waals surface area contributed by atoms with Crippen molar-refractivity contribution in [1.82, 2.24) is 4.31 Å². The Hall–Kier alpha value is -2.87. The number of benzene rings is 1. The van der Waals surface area contributed by atoms with Gasteiger partial charge in [0.05, 0.1) is 24.6 Å². The number of carbonyl (C=O) groups is 2. The minimum atomic E-state index is -3.64. The summed E-state index contributed by atoms with van der Waals surface area (Å²) in [6, 6.07) is 8.31. The maximum absolute atomic E-state index is 12.6. The third kappa shape index (κ3) is 6.07. The van der Waals surface area contributed by atoms with Crippen LogP contribution in [0.4, 0.5) is 11.4 Å². The Morgan fingerprint density at radius 3 is 2.68 bits per heavy atom. The molecule has 1 N–H and O–H groups in total. The highest BCUT2D eigenvalue weighted by atomic mass is 32.2. The first-order valence-electron chi connectivity index (χ1n) is 9.12. The molecule has 0 atom stereocenters. The highest BCUT2D eigenvalue weighted by Gasteiger charge is 2.28. The van der Waals surface area contributed by atoms with E-state index in [1.54, 1.807) is 0 Å². The molecule has 0 aliphatic carbocycles. The van der Waals surface area contributed by atoms with E-state index >= 15 is 0 Å². The summed E-state index contributed by atoms with van der Waals surface area (Å²) >= 11 is 0.967. The largest absolute Gasteiger partial charge is 0.455 e. The summed E-state index contributed by atoms with van der Waals surface area (Å²) in [5.41, 5.74) is 0.0155. The number of nitrogens with one attached hydrogen (secondary N) is 1. The fourth-order valence-corrected chi connectivity index (χ4v) is 5.64. The number of morpholine rings is 1. The van der Waals surface area contributed by atoms with Crippen molar-refractivity contribution in [3.05, 3.63) is 51.4 Å². The topological polar surface area (TPSA) is 145 Å². The second-order valence-corrected chi connectivity index (χ2v) is 9.76. The van der Waals surface area contributed by atoms with Crippen LogP contribution in [0, 0.1) is 10.1 Å². The minimum Gasteiger partial charge on any atom is -0.455 e. The second-order valence-electron chi connectivity index (χ2n) is 6.43. The number of anilines is 1. The molecule has 1 aliphatic heterocycles. The van der Waals surface area contributed by atoms with Crippen LogP contribution in [-0.4, -0.2) is 62.4 Å². The van der Waals surface area contributed by atoms with Crippen molar-refractivity contribution in [2.45, 2.75) is 10.6 Å². The van der Waals surface area contributed by atoms with Gasteiger partial charge >= 0.3 is 5.97 Å². The number of esters is 1. The van der Waals surface area contributed by atoms with Gasteiger partial charge in [-0.25, -0.2) is 8.42 Å². The van der Waals surface area contributed by atoms with E-state index < -0.39 is 33.4 Å². The van der Waals surface area contributed by atoms with Crippen LogP contribution in [0.25, 0.3) is 0 Å². The molecule has 0 bridgehead atoms. The lowest BCUT2D eigenvalue weighted by atomic mass is 10.3. The molecule has 3 rings (SSSR count). The van der Waals surface area contributed by atoms with Crippen molar-refractivity contribution in [3.8, 4) is 0 Å². The van der Waals surface area contributed by atoms with Gasteiger partial charge in [0, 0.05) is 35.8 Å². The van der Waals surface area contributed by atoms with Crippen LogP contribution < -0.4 is 5.32 Å².